The lowest BCUT2D eigenvalue weighted by atomic mass is 9.99. The normalized spacial score (nSPS) is 11.9. The van der Waals surface area contributed by atoms with E-state index in [2.05, 4.69) is 162 Å². The molecule has 11 rings (SSSR count). The zero-order chi connectivity index (χ0) is 33.5. The van der Waals surface area contributed by atoms with Crippen LogP contribution in [0.1, 0.15) is 0 Å². The lowest BCUT2D eigenvalue weighted by molar-refractivity contribution is 0.670. The highest BCUT2D eigenvalue weighted by atomic mass is 32.1. The molecule has 4 heteroatoms. The Balaban J connectivity index is 1.20. The van der Waals surface area contributed by atoms with Crippen LogP contribution < -0.4 is 0 Å². The standard InChI is InChI=1S/C47H28N2OS/c1-2-11-29(12-3-1)30-21-23-31(24-22-30)32-25-40(37-17-10-16-36-34-14-5-8-19-43(34)50-47(36)37)48-46(26-32)49-41-18-7-4-13-33(41)38-28-45-39(27-42(38)49)35-15-6-9-20-44(35)51-45/h1-28H. The Kier molecular flexibility index (Phi) is 6.12. The molecular formula is C47H28N2OS. The predicted molar refractivity (Wildman–Crippen MR) is 215 cm³/mol. The van der Waals surface area contributed by atoms with Gasteiger partial charge in [0.1, 0.15) is 17.0 Å². The van der Waals surface area contributed by atoms with Gasteiger partial charge in [-0.25, -0.2) is 4.98 Å². The van der Waals surface area contributed by atoms with Crippen molar-refractivity contribution in [3.63, 3.8) is 0 Å². The number of furan rings is 1. The first-order valence-electron chi connectivity index (χ1n) is 17.2. The number of benzene rings is 7. The van der Waals surface area contributed by atoms with Crippen molar-refractivity contribution in [3.8, 4) is 39.3 Å². The molecule has 0 N–H and O–H groups in total. The van der Waals surface area contributed by atoms with E-state index >= 15 is 0 Å². The van der Waals surface area contributed by atoms with Crippen molar-refractivity contribution in [1.82, 2.24) is 9.55 Å². The van der Waals surface area contributed by atoms with Gasteiger partial charge in [-0.2, -0.15) is 0 Å². The number of para-hydroxylation sites is 3. The maximum Gasteiger partial charge on any atom is 0.144 e. The summed E-state index contributed by atoms with van der Waals surface area (Å²) in [6.45, 7) is 0. The summed E-state index contributed by atoms with van der Waals surface area (Å²) in [6, 6.07) is 60.6. The van der Waals surface area contributed by atoms with Crippen molar-refractivity contribution in [2.75, 3.05) is 0 Å². The SMILES string of the molecule is c1ccc(-c2ccc(-c3cc(-c4cccc5c4oc4ccccc45)nc(-n4c5ccccc5c5cc6sc7ccccc7c6cc54)c3)cc2)cc1. The number of hydrogen-bond acceptors (Lipinski definition) is 3. The Morgan fingerprint density at radius 3 is 1.98 bits per heavy atom. The lowest BCUT2D eigenvalue weighted by Gasteiger charge is -2.13. The van der Waals surface area contributed by atoms with E-state index in [1.165, 1.54) is 42.1 Å². The first-order valence-corrected chi connectivity index (χ1v) is 18.0. The van der Waals surface area contributed by atoms with Gasteiger partial charge in [0.15, 0.2) is 0 Å². The summed E-state index contributed by atoms with van der Waals surface area (Å²) in [4.78, 5) is 5.49. The van der Waals surface area contributed by atoms with E-state index in [-0.39, 0.29) is 0 Å². The zero-order valence-corrected chi connectivity index (χ0v) is 28.2. The largest absolute Gasteiger partial charge is 0.455 e. The Morgan fingerprint density at radius 1 is 0.431 bits per heavy atom. The van der Waals surface area contributed by atoms with E-state index in [9.17, 15) is 0 Å². The summed E-state index contributed by atoms with van der Waals surface area (Å²) < 4.78 is 11.5. The van der Waals surface area contributed by atoms with Gasteiger partial charge in [-0.1, -0.05) is 121 Å². The molecule has 0 amide bonds. The van der Waals surface area contributed by atoms with Gasteiger partial charge in [-0.05, 0) is 70.8 Å². The fraction of sp³-hybridized carbons (Fsp3) is 0. The Hall–Kier alpha value is -6.49. The molecule has 238 valence electrons. The highest BCUT2D eigenvalue weighted by Crippen LogP contribution is 2.42. The van der Waals surface area contributed by atoms with Crippen LogP contribution in [0.15, 0.2) is 174 Å². The molecule has 3 nitrogen and oxygen atoms in total. The van der Waals surface area contributed by atoms with E-state index in [1.807, 2.05) is 23.5 Å². The summed E-state index contributed by atoms with van der Waals surface area (Å²) in [5, 5.41) is 7.20. The van der Waals surface area contributed by atoms with Crippen LogP contribution in [-0.4, -0.2) is 9.55 Å². The second-order valence-electron chi connectivity index (χ2n) is 13.1. The van der Waals surface area contributed by atoms with Gasteiger partial charge in [-0.3, -0.25) is 4.57 Å². The number of pyridine rings is 1. The van der Waals surface area contributed by atoms with E-state index in [0.717, 1.165) is 61.2 Å². The van der Waals surface area contributed by atoms with Crippen LogP contribution in [0.5, 0.6) is 0 Å². The second kappa shape index (κ2) is 11.0. The number of rotatable bonds is 4. The Morgan fingerprint density at radius 2 is 1.12 bits per heavy atom. The van der Waals surface area contributed by atoms with Gasteiger partial charge in [-0.15, -0.1) is 11.3 Å². The van der Waals surface area contributed by atoms with Crippen LogP contribution in [0.4, 0.5) is 0 Å². The molecule has 11 aromatic rings. The van der Waals surface area contributed by atoms with E-state index in [0.29, 0.717) is 0 Å². The van der Waals surface area contributed by atoms with Crippen molar-refractivity contribution >= 4 is 75.3 Å². The van der Waals surface area contributed by atoms with Crippen LogP contribution in [0.25, 0.3) is 103 Å². The minimum Gasteiger partial charge on any atom is -0.455 e. The monoisotopic (exact) mass is 668 g/mol. The molecule has 0 unspecified atom stereocenters. The van der Waals surface area contributed by atoms with E-state index < -0.39 is 0 Å². The number of thiophene rings is 1. The van der Waals surface area contributed by atoms with Gasteiger partial charge < -0.3 is 4.42 Å². The fourth-order valence-corrected chi connectivity index (χ4v) is 8.93. The smallest absolute Gasteiger partial charge is 0.144 e. The molecule has 0 aliphatic heterocycles. The average Bonchev–Trinajstić information content (AvgIpc) is 3.86. The molecular weight excluding hydrogens is 641 g/mol. The summed E-state index contributed by atoms with van der Waals surface area (Å²) in [5.41, 5.74) is 10.5. The van der Waals surface area contributed by atoms with Gasteiger partial charge in [0.25, 0.3) is 0 Å². The van der Waals surface area contributed by atoms with Gasteiger partial charge in [0.05, 0.1) is 16.7 Å². The lowest BCUT2D eigenvalue weighted by Crippen LogP contribution is -2.00. The molecule has 0 saturated carbocycles. The maximum atomic E-state index is 6.55. The average molecular weight is 669 g/mol. The molecule has 0 aliphatic carbocycles. The van der Waals surface area contributed by atoms with E-state index in [4.69, 9.17) is 9.40 Å². The molecule has 0 saturated heterocycles. The number of fused-ring (bicyclic) bond motifs is 9. The van der Waals surface area contributed by atoms with Gasteiger partial charge in [0, 0.05) is 47.3 Å². The summed E-state index contributed by atoms with van der Waals surface area (Å²) in [7, 11) is 0. The fourth-order valence-electron chi connectivity index (χ4n) is 7.80. The molecule has 0 radical (unpaired) electrons. The third kappa shape index (κ3) is 4.40. The molecule has 7 aromatic carbocycles. The Bertz CT molecular complexity index is 3130. The highest BCUT2D eigenvalue weighted by molar-refractivity contribution is 7.25. The first kappa shape index (κ1) is 28.4. The number of aromatic nitrogens is 2. The zero-order valence-electron chi connectivity index (χ0n) is 27.4. The maximum absolute atomic E-state index is 6.55. The predicted octanol–water partition coefficient (Wildman–Crippen LogP) is 13.4. The molecule has 0 atom stereocenters. The highest BCUT2D eigenvalue weighted by Gasteiger charge is 2.20. The van der Waals surface area contributed by atoms with Crippen LogP contribution in [0, 0.1) is 0 Å². The minimum absolute atomic E-state index is 0.849. The molecule has 0 fully saturated rings. The number of hydrogen-bond donors (Lipinski definition) is 0. The molecule has 51 heavy (non-hydrogen) atoms. The van der Waals surface area contributed by atoms with Crippen molar-refractivity contribution in [1.29, 1.82) is 0 Å². The van der Waals surface area contributed by atoms with Crippen LogP contribution in [0.3, 0.4) is 0 Å². The van der Waals surface area contributed by atoms with Crippen molar-refractivity contribution in [2.24, 2.45) is 0 Å². The summed E-state index contributed by atoms with van der Waals surface area (Å²) >= 11 is 1.86. The Labute approximate surface area is 297 Å². The third-order valence-corrected chi connectivity index (χ3v) is 11.4. The van der Waals surface area contributed by atoms with Crippen molar-refractivity contribution in [2.45, 2.75) is 0 Å². The van der Waals surface area contributed by atoms with Crippen LogP contribution >= 0.6 is 11.3 Å². The summed E-state index contributed by atoms with van der Waals surface area (Å²) in [5.74, 6) is 0.868. The van der Waals surface area contributed by atoms with E-state index in [1.54, 1.807) is 0 Å². The molecule has 4 aromatic heterocycles. The summed E-state index contributed by atoms with van der Waals surface area (Å²) in [6.07, 6.45) is 0. The van der Waals surface area contributed by atoms with Crippen molar-refractivity contribution in [3.05, 3.63) is 170 Å². The second-order valence-corrected chi connectivity index (χ2v) is 14.2. The van der Waals surface area contributed by atoms with Crippen LogP contribution in [-0.2, 0) is 0 Å². The molecule has 0 aliphatic rings. The van der Waals surface area contributed by atoms with Gasteiger partial charge in [0.2, 0.25) is 0 Å². The third-order valence-electron chi connectivity index (χ3n) is 10.2. The minimum atomic E-state index is 0.849. The first-order chi connectivity index (χ1) is 25.3. The quantitative estimate of drug-likeness (QED) is 0.187. The number of nitrogens with zero attached hydrogens (tertiary/aromatic N) is 2. The molecule has 0 bridgehead atoms. The van der Waals surface area contributed by atoms with Crippen molar-refractivity contribution < 1.29 is 4.42 Å². The topological polar surface area (TPSA) is 31.0 Å². The molecule has 4 heterocycles. The van der Waals surface area contributed by atoms with Crippen LogP contribution in [0.2, 0.25) is 0 Å². The van der Waals surface area contributed by atoms with Gasteiger partial charge >= 0.3 is 0 Å². The molecule has 0 spiro atoms.